The lowest BCUT2D eigenvalue weighted by Crippen LogP contribution is -2.33. The normalized spacial score (nSPS) is 9.78. The SMILES string of the molecule is CCN(CC)C(=O)Oc1cc(OC)cc(OC)c1. The Morgan fingerprint density at radius 2 is 1.44 bits per heavy atom. The maximum Gasteiger partial charge on any atom is 0.415 e. The summed E-state index contributed by atoms with van der Waals surface area (Å²) in [6, 6.07) is 5.00. The van der Waals surface area contributed by atoms with Gasteiger partial charge in [0, 0.05) is 31.3 Å². The molecule has 0 fully saturated rings. The van der Waals surface area contributed by atoms with E-state index in [1.165, 1.54) is 0 Å². The zero-order chi connectivity index (χ0) is 13.5. The van der Waals surface area contributed by atoms with E-state index in [1.807, 2.05) is 13.8 Å². The van der Waals surface area contributed by atoms with Crippen LogP contribution < -0.4 is 14.2 Å². The van der Waals surface area contributed by atoms with E-state index in [2.05, 4.69) is 0 Å². The summed E-state index contributed by atoms with van der Waals surface area (Å²) in [6.45, 7) is 5.01. The second-order valence-corrected chi connectivity index (χ2v) is 3.59. The van der Waals surface area contributed by atoms with Crippen LogP contribution in [0.1, 0.15) is 13.8 Å². The van der Waals surface area contributed by atoms with Gasteiger partial charge in [0.05, 0.1) is 14.2 Å². The van der Waals surface area contributed by atoms with Gasteiger partial charge in [-0.05, 0) is 13.8 Å². The van der Waals surface area contributed by atoms with Gasteiger partial charge in [0.2, 0.25) is 0 Å². The molecule has 5 heteroatoms. The van der Waals surface area contributed by atoms with Crippen LogP contribution in [0.15, 0.2) is 18.2 Å². The first-order valence-corrected chi connectivity index (χ1v) is 5.84. The van der Waals surface area contributed by atoms with E-state index in [9.17, 15) is 4.79 Å². The van der Waals surface area contributed by atoms with E-state index in [0.717, 1.165) is 0 Å². The van der Waals surface area contributed by atoms with Gasteiger partial charge in [-0.15, -0.1) is 0 Å². The molecule has 0 aromatic heterocycles. The molecular formula is C13H19NO4. The Morgan fingerprint density at radius 3 is 1.83 bits per heavy atom. The minimum atomic E-state index is -0.379. The highest BCUT2D eigenvalue weighted by Gasteiger charge is 2.13. The Hall–Kier alpha value is -1.91. The molecule has 1 amide bonds. The van der Waals surface area contributed by atoms with Crippen molar-refractivity contribution < 1.29 is 19.0 Å². The van der Waals surface area contributed by atoms with Crippen LogP contribution in [0.5, 0.6) is 17.2 Å². The summed E-state index contributed by atoms with van der Waals surface area (Å²) in [5.41, 5.74) is 0. The number of ether oxygens (including phenoxy) is 3. The van der Waals surface area contributed by atoms with Crippen molar-refractivity contribution in [2.45, 2.75) is 13.8 Å². The molecule has 0 saturated heterocycles. The van der Waals surface area contributed by atoms with E-state index >= 15 is 0 Å². The molecule has 0 spiro atoms. The first-order chi connectivity index (χ1) is 8.64. The monoisotopic (exact) mass is 253 g/mol. The van der Waals surface area contributed by atoms with Crippen LogP contribution >= 0.6 is 0 Å². The summed E-state index contributed by atoms with van der Waals surface area (Å²) >= 11 is 0. The summed E-state index contributed by atoms with van der Waals surface area (Å²) in [4.78, 5) is 13.4. The van der Waals surface area contributed by atoms with Gasteiger partial charge in [-0.2, -0.15) is 0 Å². The molecule has 18 heavy (non-hydrogen) atoms. The highest BCUT2D eigenvalue weighted by molar-refractivity contribution is 5.71. The number of methoxy groups -OCH3 is 2. The number of benzene rings is 1. The lowest BCUT2D eigenvalue weighted by atomic mass is 10.3. The van der Waals surface area contributed by atoms with E-state index < -0.39 is 0 Å². The smallest absolute Gasteiger partial charge is 0.415 e. The van der Waals surface area contributed by atoms with Crippen molar-refractivity contribution >= 4 is 6.09 Å². The fraction of sp³-hybridized carbons (Fsp3) is 0.462. The van der Waals surface area contributed by atoms with Crippen LogP contribution in [0.3, 0.4) is 0 Å². The Kier molecular flexibility index (Phi) is 5.30. The minimum Gasteiger partial charge on any atom is -0.496 e. The molecule has 1 rings (SSSR count). The topological polar surface area (TPSA) is 48.0 Å². The van der Waals surface area contributed by atoms with Crippen LogP contribution in [-0.4, -0.2) is 38.3 Å². The third-order valence-electron chi connectivity index (χ3n) is 2.55. The van der Waals surface area contributed by atoms with E-state index in [0.29, 0.717) is 30.3 Å². The number of carbonyl (C=O) groups is 1. The summed E-state index contributed by atoms with van der Waals surface area (Å²) < 4.78 is 15.5. The lowest BCUT2D eigenvalue weighted by molar-refractivity contribution is 0.157. The van der Waals surface area contributed by atoms with Gasteiger partial charge in [0.1, 0.15) is 17.2 Å². The van der Waals surface area contributed by atoms with Crippen LogP contribution in [0.2, 0.25) is 0 Å². The van der Waals surface area contributed by atoms with Gasteiger partial charge < -0.3 is 19.1 Å². The number of carbonyl (C=O) groups excluding carboxylic acids is 1. The molecule has 100 valence electrons. The molecular weight excluding hydrogens is 234 g/mol. The van der Waals surface area contributed by atoms with Crippen molar-refractivity contribution in [2.24, 2.45) is 0 Å². The molecule has 0 aliphatic heterocycles. The quantitative estimate of drug-likeness (QED) is 0.809. The van der Waals surface area contributed by atoms with Gasteiger partial charge in [0.25, 0.3) is 0 Å². The van der Waals surface area contributed by atoms with E-state index in [-0.39, 0.29) is 6.09 Å². The summed E-state index contributed by atoms with van der Waals surface area (Å²) in [5, 5.41) is 0. The zero-order valence-corrected chi connectivity index (χ0v) is 11.2. The van der Waals surface area contributed by atoms with Crippen molar-refractivity contribution in [3.8, 4) is 17.2 Å². The molecule has 0 radical (unpaired) electrons. The Balaban J connectivity index is 2.86. The van der Waals surface area contributed by atoms with E-state index in [4.69, 9.17) is 14.2 Å². The standard InChI is InChI=1S/C13H19NO4/c1-5-14(6-2)13(15)18-12-8-10(16-3)7-11(9-12)17-4/h7-9H,5-6H2,1-4H3. The highest BCUT2D eigenvalue weighted by Crippen LogP contribution is 2.27. The minimum absolute atomic E-state index is 0.379. The summed E-state index contributed by atoms with van der Waals surface area (Å²) in [5.74, 6) is 1.57. The largest absolute Gasteiger partial charge is 0.496 e. The summed E-state index contributed by atoms with van der Waals surface area (Å²) in [7, 11) is 3.09. The van der Waals surface area contributed by atoms with Crippen LogP contribution in [0.25, 0.3) is 0 Å². The maximum atomic E-state index is 11.8. The molecule has 0 unspecified atom stereocenters. The van der Waals surface area contributed by atoms with Crippen LogP contribution in [-0.2, 0) is 0 Å². The molecule has 0 N–H and O–H groups in total. The third-order valence-corrected chi connectivity index (χ3v) is 2.55. The fourth-order valence-corrected chi connectivity index (χ4v) is 1.49. The van der Waals surface area contributed by atoms with Gasteiger partial charge in [-0.25, -0.2) is 4.79 Å². The molecule has 0 bridgehead atoms. The second-order valence-electron chi connectivity index (χ2n) is 3.59. The number of rotatable bonds is 5. The number of nitrogens with zero attached hydrogens (tertiary/aromatic N) is 1. The highest BCUT2D eigenvalue weighted by atomic mass is 16.6. The molecule has 5 nitrogen and oxygen atoms in total. The molecule has 1 aromatic rings. The Morgan fingerprint density at radius 1 is 1.00 bits per heavy atom. The van der Waals surface area contributed by atoms with Crippen molar-refractivity contribution in [1.82, 2.24) is 4.90 Å². The van der Waals surface area contributed by atoms with E-state index in [1.54, 1.807) is 37.3 Å². The Bertz CT molecular complexity index is 380. The number of hydrogen-bond acceptors (Lipinski definition) is 4. The third kappa shape index (κ3) is 3.55. The fourth-order valence-electron chi connectivity index (χ4n) is 1.49. The lowest BCUT2D eigenvalue weighted by Gasteiger charge is -2.18. The number of amides is 1. The second kappa shape index (κ2) is 6.74. The molecule has 0 heterocycles. The number of hydrogen-bond donors (Lipinski definition) is 0. The van der Waals surface area contributed by atoms with Gasteiger partial charge >= 0.3 is 6.09 Å². The molecule has 0 aliphatic carbocycles. The van der Waals surface area contributed by atoms with Crippen molar-refractivity contribution in [3.63, 3.8) is 0 Å². The van der Waals surface area contributed by atoms with Crippen LogP contribution in [0, 0.1) is 0 Å². The van der Waals surface area contributed by atoms with Crippen molar-refractivity contribution in [3.05, 3.63) is 18.2 Å². The Labute approximate surface area is 107 Å². The molecule has 1 aromatic carbocycles. The van der Waals surface area contributed by atoms with Crippen LogP contribution in [0.4, 0.5) is 4.79 Å². The average molecular weight is 253 g/mol. The first kappa shape index (κ1) is 14.2. The molecule has 0 atom stereocenters. The molecule has 0 saturated carbocycles. The predicted molar refractivity (Wildman–Crippen MR) is 68.5 cm³/mol. The average Bonchev–Trinajstić information content (AvgIpc) is 2.39. The van der Waals surface area contributed by atoms with Gasteiger partial charge in [-0.1, -0.05) is 0 Å². The van der Waals surface area contributed by atoms with Crippen molar-refractivity contribution in [2.75, 3.05) is 27.3 Å². The van der Waals surface area contributed by atoms with Crippen molar-refractivity contribution in [1.29, 1.82) is 0 Å². The molecule has 0 aliphatic rings. The first-order valence-electron chi connectivity index (χ1n) is 5.84. The maximum absolute atomic E-state index is 11.8. The van der Waals surface area contributed by atoms with Gasteiger partial charge in [0.15, 0.2) is 0 Å². The van der Waals surface area contributed by atoms with Gasteiger partial charge in [-0.3, -0.25) is 0 Å². The summed E-state index contributed by atoms with van der Waals surface area (Å²) in [6.07, 6.45) is -0.379. The predicted octanol–water partition coefficient (Wildman–Crippen LogP) is 2.54. The zero-order valence-electron chi connectivity index (χ0n) is 11.2.